The van der Waals surface area contributed by atoms with Crippen molar-refractivity contribution in [2.75, 3.05) is 19.1 Å². The molecule has 7 nitrogen and oxygen atoms in total. The SMILES string of the molecule is COC(=O)C1=C(C(=O)OC)N(c2ccc3c(c2)sc2ccccc23)C(N)=C(C#N)C1c1ccccc1. The van der Waals surface area contributed by atoms with Crippen LogP contribution in [0.15, 0.2) is 95.5 Å². The van der Waals surface area contributed by atoms with Crippen molar-refractivity contribution in [2.24, 2.45) is 5.73 Å². The number of rotatable bonds is 4. The minimum atomic E-state index is -0.901. The molecule has 2 N–H and O–H groups in total. The largest absolute Gasteiger partial charge is 0.466 e. The zero-order chi connectivity index (χ0) is 25.4. The number of nitrogens with two attached hydrogens (primary N) is 1. The fourth-order valence-corrected chi connectivity index (χ4v) is 5.77. The van der Waals surface area contributed by atoms with Crippen LogP contribution in [0.5, 0.6) is 0 Å². The average Bonchev–Trinajstić information content (AvgIpc) is 3.29. The molecule has 0 saturated carbocycles. The fourth-order valence-electron chi connectivity index (χ4n) is 4.64. The molecule has 36 heavy (non-hydrogen) atoms. The molecule has 0 amide bonds. The highest BCUT2D eigenvalue weighted by Gasteiger charge is 2.43. The Morgan fingerprint density at radius 3 is 2.28 bits per heavy atom. The molecule has 3 aromatic carbocycles. The summed E-state index contributed by atoms with van der Waals surface area (Å²) in [5.74, 6) is -2.38. The number of carbonyl (C=O) groups excluding carboxylic acids is 2. The lowest BCUT2D eigenvalue weighted by molar-refractivity contribution is -0.139. The normalized spacial score (nSPS) is 15.8. The third-order valence-corrected chi connectivity index (χ3v) is 7.36. The van der Waals surface area contributed by atoms with Crippen molar-refractivity contribution in [3.8, 4) is 6.07 Å². The molecule has 0 fully saturated rings. The Hall–Kier alpha value is -4.61. The summed E-state index contributed by atoms with van der Waals surface area (Å²) in [5.41, 5.74) is 7.76. The summed E-state index contributed by atoms with van der Waals surface area (Å²) in [6.45, 7) is 0. The summed E-state index contributed by atoms with van der Waals surface area (Å²) >= 11 is 1.60. The summed E-state index contributed by atoms with van der Waals surface area (Å²) in [5, 5.41) is 12.3. The number of thiophene rings is 1. The number of ether oxygens (including phenoxy) is 2. The van der Waals surface area contributed by atoms with Crippen molar-refractivity contribution < 1.29 is 19.1 Å². The van der Waals surface area contributed by atoms with Gasteiger partial charge in [-0.3, -0.25) is 4.90 Å². The minimum Gasteiger partial charge on any atom is -0.466 e. The third-order valence-electron chi connectivity index (χ3n) is 6.23. The first-order chi connectivity index (χ1) is 17.5. The van der Waals surface area contributed by atoms with Crippen LogP contribution in [-0.2, 0) is 19.1 Å². The van der Waals surface area contributed by atoms with Crippen LogP contribution >= 0.6 is 11.3 Å². The predicted octanol–water partition coefficient (Wildman–Crippen LogP) is 4.95. The van der Waals surface area contributed by atoms with E-state index in [2.05, 4.69) is 12.1 Å². The Morgan fingerprint density at radius 1 is 0.917 bits per heavy atom. The van der Waals surface area contributed by atoms with Gasteiger partial charge in [-0.2, -0.15) is 5.26 Å². The number of fused-ring (bicyclic) bond motifs is 3. The number of esters is 2. The van der Waals surface area contributed by atoms with Crippen LogP contribution in [0.1, 0.15) is 11.5 Å². The number of allylic oxidation sites excluding steroid dienone is 1. The molecule has 8 heteroatoms. The molecular weight excluding hydrogens is 474 g/mol. The van der Waals surface area contributed by atoms with Crippen molar-refractivity contribution >= 4 is 49.1 Å². The van der Waals surface area contributed by atoms with Crippen LogP contribution in [0, 0.1) is 11.3 Å². The molecule has 0 bridgehead atoms. The van der Waals surface area contributed by atoms with Crippen molar-refractivity contribution in [1.29, 1.82) is 5.26 Å². The van der Waals surface area contributed by atoms with E-state index < -0.39 is 17.9 Å². The Morgan fingerprint density at radius 2 is 1.58 bits per heavy atom. The highest BCUT2D eigenvalue weighted by atomic mass is 32.1. The third kappa shape index (κ3) is 3.58. The van der Waals surface area contributed by atoms with Gasteiger partial charge in [-0.1, -0.05) is 54.6 Å². The van der Waals surface area contributed by atoms with Crippen LogP contribution in [0.3, 0.4) is 0 Å². The number of anilines is 1. The molecule has 2 heterocycles. The van der Waals surface area contributed by atoms with Crippen LogP contribution in [0.25, 0.3) is 20.2 Å². The van der Waals surface area contributed by atoms with Crippen LogP contribution in [-0.4, -0.2) is 26.2 Å². The van der Waals surface area contributed by atoms with Crippen molar-refractivity contribution in [3.05, 3.63) is 101 Å². The highest BCUT2D eigenvalue weighted by molar-refractivity contribution is 7.25. The van der Waals surface area contributed by atoms with Crippen LogP contribution in [0.4, 0.5) is 5.69 Å². The van der Waals surface area contributed by atoms with E-state index in [1.54, 1.807) is 35.6 Å². The second-order valence-corrected chi connectivity index (χ2v) is 9.20. The topological polar surface area (TPSA) is 106 Å². The summed E-state index contributed by atoms with van der Waals surface area (Å²) in [6, 6.07) is 24.8. The summed E-state index contributed by atoms with van der Waals surface area (Å²) in [4.78, 5) is 27.8. The van der Waals surface area contributed by atoms with Gasteiger partial charge in [0.15, 0.2) is 0 Å². The van der Waals surface area contributed by atoms with Crippen molar-refractivity contribution in [3.63, 3.8) is 0 Å². The molecule has 178 valence electrons. The second-order valence-electron chi connectivity index (χ2n) is 8.11. The first kappa shape index (κ1) is 23.1. The lowest BCUT2D eigenvalue weighted by Gasteiger charge is -2.35. The van der Waals surface area contributed by atoms with E-state index in [0.717, 1.165) is 20.2 Å². The summed E-state index contributed by atoms with van der Waals surface area (Å²) in [6.07, 6.45) is 0. The van der Waals surface area contributed by atoms with Gasteiger partial charge in [0.25, 0.3) is 0 Å². The lowest BCUT2D eigenvalue weighted by Crippen LogP contribution is -2.40. The average molecular weight is 496 g/mol. The molecule has 0 saturated heterocycles. The van der Waals surface area contributed by atoms with E-state index in [1.807, 2.05) is 42.5 Å². The number of hydrogen-bond donors (Lipinski definition) is 1. The van der Waals surface area contributed by atoms with Crippen molar-refractivity contribution in [2.45, 2.75) is 5.92 Å². The first-order valence-electron chi connectivity index (χ1n) is 11.1. The molecule has 0 aliphatic carbocycles. The van der Waals surface area contributed by atoms with E-state index >= 15 is 0 Å². The Kier molecular flexibility index (Phi) is 5.92. The van der Waals surface area contributed by atoms with E-state index in [0.29, 0.717) is 11.3 Å². The number of nitrogens with zero attached hydrogens (tertiary/aromatic N) is 2. The van der Waals surface area contributed by atoms with E-state index in [4.69, 9.17) is 15.2 Å². The second kappa shape index (κ2) is 9.21. The van der Waals surface area contributed by atoms with Crippen molar-refractivity contribution in [1.82, 2.24) is 0 Å². The van der Waals surface area contributed by atoms with E-state index in [1.165, 1.54) is 19.1 Å². The molecule has 0 spiro atoms. The first-order valence-corrected chi connectivity index (χ1v) is 11.9. The summed E-state index contributed by atoms with van der Waals surface area (Å²) < 4.78 is 12.3. The number of benzene rings is 3. The molecule has 1 aliphatic heterocycles. The molecular formula is C28H21N3O4S. The van der Waals surface area contributed by atoms with Gasteiger partial charge in [0.05, 0.1) is 37.4 Å². The van der Waals surface area contributed by atoms with Gasteiger partial charge in [-0.05, 0) is 23.8 Å². The van der Waals surface area contributed by atoms with Crippen LogP contribution < -0.4 is 10.6 Å². The Bertz CT molecular complexity index is 1630. The van der Waals surface area contributed by atoms with Gasteiger partial charge in [0.1, 0.15) is 11.5 Å². The predicted molar refractivity (Wildman–Crippen MR) is 139 cm³/mol. The molecule has 0 radical (unpaired) electrons. The zero-order valence-corrected chi connectivity index (χ0v) is 20.3. The smallest absolute Gasteiger partial charge is 0.355 e. The molecule has 1 aromatic heterocycles. The summed E-state index contributed by atoms with van der Waals surface area (Å²) in [7, 11) is 2.46. The maximum absolute atomic E-state index is 13.2. The van der Waals surface area contributed by atoms with Crippen LogP contribution in [0.2, 0.25) is 0 Å². The molecule has 1 atom stereocenters. The maximum atomic E-state index is 13.2. The zero-order valence-electron chi connectivity index (χ0n) is 19.5. The molecule has 1 aliphatic rings. The van der Waals surface area contributed by atoms with E-state index in [-0.39, 0.29) is 22.7 Å². The van der Waals surface area contributed by atoms with Gasteiger partial charge in [-0.15, -0.1) is 11.3 Å². The maximum Gasteiger partial charge on any atom is 0.355 e. The Labute approximate surface area is 211 Å². The Balaban J connectivity index is 1.81. The van der Waals surface area contributed by atoms with Gasteiger partial charge >= 0.3 is 11.9 Å². The number of nitriles is 1. The molecule has 5 rings (SSSR count). The van der Waals surface area contributed by atoms with Gasteiger partial charge in [0.2, 0.25) is 0 Å². The number of carbonyl (C=O) groups is 2. The number of methoxy groups -OCH3 is 2. The molecule has 1 unspecified atom stereocenters. The minimum absolute atomic E-state index is 0.0160. The van der Waals surface area contributed by atoms with Gasteiger partial charge in [-0.25, -0.2) is 9.59 Å². The highest BCUT2D eigenvalue weighted by Crippen LogP contribution is 2.44. The molecule has 4 aromatic rings. The fraction of sp³-hybridized carbons (Fsp3) is 0.107. The van der Waals surface area contributed by atoms with E-state index in [9.17, 15) is 14.9 Å². The quantitative estimate of drug-likeness (QED) is 0.399. The van der Waals surface area contributed by atoms with Gasteiger partial charge in [0, 0.05) is 25.9 Å². The lowest BCUT2D eigenvalue weighted by atomic mass is 9.81. The monoisotopic (exact) mass is 495 g/mol. The van der Waals surface area contributed by atoms with Gasteiger partial charge < -0.3 is 15.2 Å². The number of hydrogen-bond acceptors (Lipinski definition) is 8. The standard InChI is InChI=1S/C28H21N3O4S/c1-34-27(32)24-23(16-8-4-3-5-9-16)20(15-29)26(30)31(25(24)28(33)35-2)17-12-13-19-18-10-6-7-11-21(18)36-22(19)14-17/h3-14,23H,30H2,1-2H3.